The van der Waals surface area contributed by atoms with Crippen LogP contribution in [0.2, 0.25) is 0 Å². The molecule has 0 aliphatic carbocycles. The highest BCUT2D eigenvalue weighted by atomic mass is 32.5. The van der Waals surface area contributed by atoms with Crippen LogP contribution < -0.4 is 0 Å². The molecule has 0 aromatic rings. The molecule has 0 amide bonds. The molecular weight excluding hydrogens is 91.1 g/mol. The summed E-state index contributed by atoms with van der Waals surface area (Å²) in [7, 11) is 1.76. The van der Waals surface area contributed by atoms with E-state index in [1.165, 1.54) is 0 Å². The number of rotatable bonds is 0. The van der Waals surface area contributed by atoms with E-state index in [0.29, 0.717) is 0 Å². The molecule has 26 valence electrons. The van der Waals surface area contributed by atoms with Gasteiger partial charge in [-0.1, -0.05) is 8.02 Å². The molecule has 0 bridgehead atoms. The van der Waals surface area contributed by atoms with Crippen molar-refractivity contribution in [2.24, 2.45) is 0 Å². The van der Waals surface area contributed by atoms with Gasteiger partial charge in [-0.2, -0.15) is 0 Å². The monoisotopic (exact) mass is 96.0 g/mol. The molecule has 0 aromatic carbocycles. The highest BCUT2D eigenvalue weighted by Gasteiger charge is 1.37. The van der Waals surface area contributed by atoms with Gasteiger partial charge in [0.15, 0.2) is 0 Å². The van der Waals surface area contributed by atoms with Crippen molar-refractivity contribution in [3.8, 4) is 0 Å². The Morgan fingerprint density at radius 3 is 2.00 bits per heavy atom. The largest absolute Gasteiger partial charge is 0.267 e. The van der Waals surface area contributed by atoms with Gasteiger partial charge in [-0.15, -0.1) is 0 Å². The van der Waals surface area contributed by atoms with Gasteiger partial charge in [0.1, 0.15) is 0 Å². The quantitative estimate of drug-likeness (QED) is 0.335. The molecule has 3 heteroatoms. The Morgan fingerprint density at radius 1 is 2.00 bits per heavy atom. The first kappa shape index (κ1) is 4.45. The summed E-state index contributed by atoms with van der Waals surface area (Å²) in [5, 5.41) is 0. The van der Waals surface area contributed by atoms with E-state index in [2.05, 4.69) is 8.02 Å². The molecular formula is CH5OPS. The van der Waals surface area contributed by atoms with Crippen LogP contribution in [0.25, 0.3) is 0 Å². The van der Waals surface area contributed by atoms with Gasteiger partial charge in [-0.25, -0.2) is 0 Å². The average Bonchev–Trinajstić information content (AvgIpc) is 0.811. The fraction of sp³-hybridized carbons (Fsp3) is 1.00. The normalized spacial score (nSPS) is 15.2. The Kier molecular flexibility index (Phi) is 1.94. The van der Waals surface area contributed by atoms with Crippen molar-refractivity contribution in [1.29, 1.82) is 0 Å². The first-order valence-corrected chi connectivity index (χ1v) is 3.90. The van der Waals surface area contributed by atoms with Gasteiger partial charge in [0.2, 0.25) is 0 Å². The van der Waals surface area contributed by atoms with Crippen LogP contribution in [0.1, 0.15) is 0 Å². The van der Waals surface area contributed by atoms with Crippen molar-refractivity contribution >= 4 is 18.0 Å². The van der Waals surface area contributed by atoms with Crippen molar-refractivity contribution in [2.75, 3.05) is 6.26 Å². The van der Waals surface area contributed by atoms with Crippen molar-refractivity contribution in [3.63, 3.8) is 0 Å². The predicted molar refractivity (Wildman–Crippen MR) is 23.8 cm³/mol. The van der Waals surface area contributed by atoms with Crippen LogP contribution >= 0.6 is 8.02 Å². The third-order valence-electron chi connectivity index (χ3n) is 0. The Hall–Kier alpha value is 0.450. The third-order valence-corrected chi connectivity index (χ3v) is 0. The maximum Gasteiger partial charge on any atom is 0.00563 e. The van der Waals surface area contributed by atoms with Crippen LogP contribution in [0.3, 0.4) is 0 Å². The van der Waals surface area contributed by atoms with Gasteiger partial charge >= 0.3 is 0 Å². The van der Waals surface area contributed by atoms with Crippen LogP contribution in [0.4, 0.5) is 0 Å². The highest BCUT2D eigenvalue weighted by Crippen LogP contribution is 1.55. The van der Waals surface area contributed by atoms with E-state index in [0.717, 1.165) is 0 Å². The van der Waals surface area contributed by atoms with E-state index >= 15 is 0 Å². The second-order valence-corrected chi connectivity index (χ2v) is 3.38. The number of hydrogen-bond acceptors (Lipinski definition) is 1. The lowest BCUT2D eigenvalue weighted by Crippen LogP contribution is -1.46. The Balaban J connectivity index is 3.51. The molecule has 0 heterocycles. The lowest BCUT2D eigenvalue weighted by Gasteiger charge is -1.47. The topological polar surface area (TPSA) is 17.1 Å². The second-order valence-electron chi connectivity index (χ2n) is 0.497. The summed E-state index contributed by atoms with van der Waals surface area (Å²) in [6.45, 7) is 0. The number of thiol groups is 1. The predicted octanol–water partition coefficient (Wildman–Crippen LogP) is 0.155. The van der Waals surface area contributed by atoms with Crippen LogP contribution in [-0.2, 0) is 9.98 Å². The summed E-state index contributed by atoms with van der Waals surface area (Å²) < 4.78 is 9.51. The summed E-state index contributed by atoms with van der Waals surface area (Å²) in [5.74, 6) is 0. The molecule has 0 aromatic heterocycles. The molecule has 0 saturated carbocycles. The molecule has 1 atom stereocenters. The van der Waals surface area contributed by atoms with Crippen molar-refractivity contribution < 1.29 is 4.21 Å². The maximum absolute atomic E-state index is 9.51. The zero-order valence-corrected chi connectivity index (χ0v) is 4.25. The van der Waals surface area contributed by atoms with Gasteiger partial charge in [0.25, 0.3) is 0 Å². The third kappa shape index (κ3) is 25.4. The molecule has 0 rings (SSSR count). The van der Waals surface area contributed by atoms with Crippen LogP contribution in [0.15, 0.2) is 0 Å². The molecule has 0 fully saturated rings. The Labute approximate surface area is 29.3 Å². The van der Waals surface area contributed by atoms with Gasteiger partial charge < -0.3 is 0 Å². The standard InChI is InChI=1S/CH5OPS/c1-4(2)3/h3-4H,1H3. The first-order valence-electron chi connectivity index (χ1n) is 0.853. The molecule has 0 N–H and O–H groups in total. The van der Waals surface area contributed by atoms with E-state index in [1.807, 2.05) is 0 Å². The van der Waals surface area contributed by atoms with E-state index in [-0.39, 0.29) is 0 Å². The fourth-order valence-corrected chi connectivity index (χ4v) is 0. The molecule has 1 nitrogen and oxygen atoms in total. The van der Waals surface area contributed by atoms with Gasteiger partial charge in [-0.05, 0) is 9.98 Å². The number of hydrogen-bond donors (Lipinski definition) is 1. The first-order chi connectivity index (χ1) is 1.73. The Morgan fingerprint density at radius 2 is 2.00 bits per heavy atom. The van der Waals surface area contributed by atoms with Crippen LogP contribution in [0, 0.1) is 0 Å². The molecule has 4 heavy (non-hydrogen) atoms. The minimum atomic E-state index is -1.06. The van der Waals surface area contributed by atoms with E-state index in [4.69, 9.17) is 0 Å². The lowest BCUT2D eigenvalue weighted by molar-refractivity contribution is 0.696. The van der Waals surface area contributed by atoms with Crippen LogP contribution in [-0.4, -0.2) is 10.5 Å². The zero-order chi connectivity index (χ0) is 3.58. The van der Waals surface area contributed by atoms with Crippen molar-refractivity contribution in [3.05, 3.63) is 0 Å². The fourth-order valence-electron chi connectivity index (χ4n) is 0. The summed E-state index contributed by atoms with van der Waals surface area (Å²) in [5.41, 5.74) is 0. The van der Waals surface area contributed by atoms with Crippen molar-refractivity contribution in [1.82, 2.24) is 0 Å². The summed E-state index contributed by atoms with van der Waals surface area (Å²) in [6.07, 6.45) is 1.59. The second kappa shape index (κ2) is 1.74. The average molecular weight is 96.1 g/mol. The molecule has 0 saturated heterocycles. The molecule has 0 spiro atoms. The van der Waals surface area contributed by atoms with Gasteiger partial charge in [0.05, 0.1) is 0 Å². The summed E-state index contributed by atoms with van der Waals surface area (Å²) >= 11 is 0. The highest BCUT2D eigenvalue weighted by molar-refractivity contribution is 8.06. The summed E-state index contributed by atoms with van der Waals surface area (Å²) in [4.78, 5) is 0. The maximum atomic E-state index is 9.51. The van der Waals surface area contributed by atoms with E-state index in [9.17, 15) is 4.21 Å². The molecule has 0 aliphatic heterocycles. The van der Waals surface area contributed by atoms with Crippen molar-refractivity contribution in [2.45, 2.75) is 0 Å². The lowest BCUT2D eigenvalue weighted by atomic mass is 12.0. The van der Waals surface area contributed by atoms with Gasteiger partial charge in [-0.3, -0.25) is 4.21 Å². The minimum absolute atomic E-state index is 1.06. The van der Waals surface area contributed by atoms with Crippen LogP contribution in [0.5, 0.6) is 0 Å². The molecule has 0 radical (unpaired) electrons. The molecule has 0 aliphatic rings. The smallest absolute Gasteiger partial charge is 0.00563 e. The SMILES string of the molecule is C[SH](=O)=P. The van der Waals surface area contributed by atoms with Gasteiger partial charge in [0, 0.05) is 6.26 Å². The van der Waals surface area contributed by atoms with E-state index < -0.39 is 9.98 Å². The van der Waals surface area contributed by atoms with E-state index in [1.54, 1.807) is 6.26 Å². The summed E-state index contributed by atoms with van der Waals surface area (Å²) in [6, 6.07) is 0. The molecule has 1 unspecified atom stereocenters. The zero-order valence-electron chi connectivity index (χ0n) is 2.36. The minimum Gasteiger partial charge on any atom is -0.267 e. The Bertz CT molecular complexity index is 56.4.